The number of nitrogens with zero attached hydrogens (tertiary/aromatic N) is 8. The maximum absolute atomic E-state index is 13.8. The third kappa shape index (κ3) is 9.25. The molecule has 5 aromatic rings. The molecule has 3 aromatic carbocycles. The first-order valence-corrected chi connectivity index (χ1v) is 18.2. The van der Waals surface area contributed by atoms with E-state index in [0.717, 1.165) is 28.1 Å². The minimum atomic E-state index is -0.644. The van der Waals surface area contributed by atoms with Crippen LogP contribution in [-0.2, 0) is 24.2 Å². The lowest BCUT2D eigenvalue weighted by Gasteiger charge is -2.34. The lowest BCUT2D eigenvalue weighted by molar-refractivity contribution is -0.119. The lowest BCUT2D eigenvalue weighted by atomic mass is 10.0. The van der Waals surface area contributed by atoms with Crippen molar-refractivity contribution in [2.24, 2.45) is 4.99 Å². The molecule has 1 fully saturated rings. The largest absolute Gasteiger partial charge is 0.349 e. The fraction of sp³-hybridized carbons (Fsp3) is 0.275. The van der Waals surface area contributed by atoms with Crippen LogP contribution in [0.2, 0.25) is 0 Å². The molecule has 15 nitrogen and oxygen atoms in total. The van der Waals surface area contributed by atoms with Gasteiger partial charge in [0.1, 0.15) is 5.82 Å². The maximum Gasteiger partial charge on any atom is 0.279 e. The molecule has 0 spiro atoms. The first-order valence-electron chi connectivity index (χ1n) is 18.2. The fourth-order valence-electron chi connectivity index (χ4n) is 6.57. The number of anilines is 4. The number of carbonyl (C=O) groups excluding carboxylic acids is 2. The number of aromatic amines is 1. The Hall–Kier alpha value is -6.86. The molecule has 0 radical (unpaired) electrons. The molecule has 1 saturated heterocycles. The van der Waals surface area contributed by atoms with Gasteiger partial charge in [-0.25, -0.2) is 14.2 Å². The summed E-state index contributed by atoms with van der Waals surface area (Å²) < 4.78 is 13.8. The van der Waals surface area contributed by atoms with Crippen LogP contribution in [0.3, 0.4) is 0 Å². The van der Waals surface area contributed by atoms with Crippen LogP contribution in [-0.4, -0.2) is 90.9 Å². The molecule has 0 saturated carbocycles. The number of Topliss-reactive ketones (excluding diaryl/α,β-unsaturated/α-hetero) is 1. The Kier molecular flexibility index (Phi) is 11.4. The Balaban J connectivity index is 1.06. The highest BCUT2D eigenvalue weighted by Gasteiger charge is 2.25. The Morgan fingerprint density at radius 3 is 2.52 bits per heavy atom. The zero-order valence-corrected chi connectivity index (χ0v) is 30.6. The minimum Gasteiger partial charge on any atom is -0.349 e. The first-order chi connectivity index (χ1) is 27.2. The molecule has 2 aromatic heterocycles. The fourth-order valence-corrected chi connectivity index (χ4v) is 6.57. The van der Waals surface area contributed by atoms with E-state index in [9.17, 15) is 18.8 Å². The van der Waals surface area contributed by atoms with E-state index in [2.05, 4.69) is 55.6 Å². The third-order valence-corrected chi connectivity index (χ3v) is 9.51. The van der Waals surface area contributed by atoms with Crippen LogP contribution < -0.4 is 21.5 Å². The number of hydrogen-bond donors (Lipinski definition) is 4. The summed E-state index contributed by atoms with van der Waals surface area (Å²) in [4.78, 5) is 70.4. The molecule has 0 bridgehead atoms. The maximum atomic E-state index is 13.8. The predicted octanol–water partition coefficient (Wildman–Crippen LogP) is 5.09. The van der Waals surface area contributed by atoms with Gasteiger partial charge in [0.2, 0.25) is 17.8 Å². The molecule has 2 aliphatic rings. The molecule has 4 heterocycles. The quantitative estimate of drug-likeness (QED) is 0.111. The van der Waals surface area contributed by atoms with Crippen molar-refractivity contribution in [3.63, 3.8) is 0 Å². The van der Waals surface area contributed by atoms with E-state index in [1.54, 1.807) is 30.0 Å². The van der Waals surface area contributed by atoms with E-state index in [-0.39, 0.29) is 41.0 Å². The van der Waals surface area contributed by atoms with Gasteiger partial charge in [0.25, 0.3) is 11.5 Å². The molecule has 56 heavy (non-hydrogen) atoms. The topological polar surface area (TPSA) is 178 Å². The summed E-state index contributed by atoms with van der Waals surface area (Å²) in [5.74, 6) is -0.0866. The van der Waals surface area contributed by atoms with Crippen LogP contribution in [0.5, 0.6) is 0 Å². The summed E-state index contributed by atoms with van der Waals surface area (Å²) in [6.07, 6.45) is 4.01. The number of aliphatic imine (C=N–C) groups is 1. The summed E-state index contributed by atoms with van der Waals surface area (Å²) in [7, 11) is 0. The second-order valence-corrected chi connectivity index (χ2v) is 13.4. The zero-order valence-electron chi connectivity index (χ0n) is 30.6. The molecular weight excluding hydrogens is 716 g/mol. The van der Waals surface area contributed by atoms with Gasteiger partial charge in [-0.1, -0.05) is 49.4 Å². The molecule has 4 N–H and O–H groups in total. The van der Waals surface area contributed by atoms with Gasteiger partial charge in [-0.2, -0.15) is 15.0 Å². The van der Waals surface area contributed by atoms with E-state index in [0.29, 0.717) is 69.9 Å². The van der Waals surface area contributed by atoms with Crippen LogP contribution in [0.15, 0.2) is 88.9 Å². The number of hydrogen-bond acceptors (Lipinski definition) is 12. The van der Waals surface area contributed by atoms with Crippen molar-refractivity contribution in [3.8, 4) is 0 Å². The average molecular weight is 755 g/mol. The van der Waals surface area contributed by atoms with E-state index in [4.69, 9.17) is 6.57 Å². The van der Waals surface area contributed by atoms with Crippen molar-refractivity contribution in [1.82, 2.24) is 34.7 Å². The van der Waals surface area contributed by atoms with Gasteiger partial charge in [0.15, 0.2) is 17.2 Å². The number of fused-ring (bicyclic) bond motifs is 1. The van der Waals surface area contributed by atoms with Crippen molar-refractivity contribution in [2.75, 3.05) is 48.7 Å². The molecule has 0 aliphatic carbocycles. The summed E-state index contributed by atoms with van der Waals surface area (Å²) in [5, 5.41) is 9.76. The number of nitrogens with one attached hydrogen (secondary N) is 4. The lowest BCUT2D eigenvalue weighted by Crippen LogP contribution is -2.49. The normalized spacial score (nSPS) is 14.3. The van der Waals surface area contributed by atoms with Crippen molar-refractivity contribution in [1.29, 1.82) is 0 Å². The Labute approximate surface area is 322 Å². The molecule has 2 aliphatic heterocycles. The van der Waals surface area contributed by atoms with Crippen molar-refractivity contribution in [2.45, 2.75) is 38.8 Å². The number of benzene rings is 3. The standard InChI is InChI=1S/C40H39FN12O3/c1-3-34(54)33(20-25-7-11-29(42-2)12-8-25)48-40-50-38(45-23-31-21-27-9-10-28(41)22-32(27)46-31)49-39(51-40)47-30-6-4-5-26(19-30)24-52-15-17-53(18-16-52)37(56)35-36(55)44-14-13-43-35/h4-14,19,22,33H,3,15-18,20-21,23-24H2,1H3,(H,44,55)(H3,45,47,48,49,50,51)/t33-/m1/s1. The smallest absolute Gasteiger partial charge is 0.279 e. The summed E-state index contributed by atoms with van der Waals surface area (Å²) in [6, 6.07) is 18.9. The second kappa shape index (κ2) is 17.1. The molecular formula is C40H39FN12O3. The Morgan fingerprint density at radius 2 is 1.75 bits per heavy atom. The predicted molar refractivity (Wildman–Crippen MR) is 210 cm³/mol. The highest BCUT2D eigenvalue weighted by molar-refractivity contribution is 5.96. The second-order valence-electron chi connectivity index (χ2n) is 13.4. The number of piperazine rings is 1. The van der Waals surface area contributed by atoms with Gasteiger partial charge < -0.3 is 25.8 Å². The third-order valence-electron chi connectivity index (χ3n) is 9.51. The Morgan fingerprint density at radius 1 is 0.964 bits per heavy atom. The molecule has 1 amide bonds. The number of halogens is 1. The Bertz CT molecular complexity index is 2370. The average Bonchev–Trinajstić information content (AvgIpc) is 3.62. The summed E-state index contributed by atoms with van der Waals surface area (Å²) >= 11 is 0. The van der Waals surface area contributed by atoms with E-state index in [1.165, 1.54) is 24.5 Å². The number of carbonyl (C=O) groups is 2. The van der Waals surface area contributed by atoms with Gasteiger partial charge in [-0.15, -0.1) is 0 Å². The van der Waals surface area contributed by atoms with Gasteiger partial charge in [-0.3, -0.25) is 24.3 Å². The van der Waals surface area contributed by atoms with Crippen molar-refractivity contribution < 1.29 is 14.0 Å². The van der Waals surface area contributed by atoms with Crippen LogP contribution >= 0.6 is 0 Å². The van der Waals surface area contributed by atoms with Crippen molar-refractivity contribution in [3.05, 3.63) is 129 Å². The molecule has 16 heteroatoms. The van der Waals surface area contributed by atoms with Gasteiger partial charge in [0.05, 0.1) is 24.8 Å². The first kappa shape index (κ1) is 37.5. The zero-order chi connectivity index (χ0) is 39.0. The van der Waals surface area contributed by atoms with Gasteiger partial charge >= 0.3 is 0 Å². The molecule has 7 rings (SSSR count). The molecule has 1 atom stereocenters. The van der Waals surface area contributed by atoms with Gasteiger partial charge in [0, 0.05) is 69.4 Å². The summed E-state index contributed by atoms with van der Waals surface area (Å²) in [6.45, 7) is 12.2. The number of amides is 1. The molecule has 0 unspecified atom stereocenters. The van der Waals surface area contributed by atoms with Crippen LogP contribution in [0.1, 0.15) is 40.5 Å². The number of ketones is 1. The van der Waals surface area contributed by atoms with Gasteiger partial charge in [-0.05, 0) is 47.4 Å². The van der Waals surface area contributed by atoms with E-state index >= 15 is 0 Å². The van der Waals surface area contributed by atoms with Crippen molar-refractivity contribution >= 4 is 52.3 Å². The van der Waals surface area contributed by atoms with Crippen LogP contribution in [0, 0.1) is 12.4 Å². The SMILES string of the molecule is [C-]#[N+]c1ccc(C[C@@H](Nc2nc(NCC3=Nc4cc(F)ccc4C3)nc(Nc3cccc(CN4CCN(C(=O)c5ncc[nH]c5=O)CC4)c3)n2)C(=O)CC)cc1. The summed E-state index contributed by atoms with van der Waals surface area (Å²) in [5.41, 5.74) is 4.87. The highest BCUT2D eigenvalue weighted by Crippen LogP contribution is 2.28. The van der Waals surface area contributed by atoms with E-state index in [1.807, 2.05) is 36.4 Å². The monoisotopic (exact) mass is 754 g/mol. The highest BCUT2D eigenvalue weighted by atomic mass is 19.1. The number of aromatic nitrogens is 5. The molecule has 284 valence electrons. The number of H-pyrrole nitrogens is 1. The minimum absolute atomic E-state index is 0.0303. The van der Waals surface area contributed by atoms with Crippen LogP contribution in [0.25, 0.3) is 4.85 Å². The van der Waals surface area contributed by atoms with Crippen LogP contribution in [0.4, 0.5) is 39.3 Å². The number of rotatable bonds is 14. The van der Waals surface area contributed by atoms with E-state index < -0.39 is 11.6 Å².